The Labute approximate surface area is 121 Å². The minimum Gasteiger partial charge on any atom is -0.388 e. The molecule has 0 bridgehead atoms. The lowest BCUT2D eigenvalue weighted by atomic mass is 10.3. The van der Waals surface area contributed by atoms with Crippen LogP contribution in [0.2, 0.25) is 0 Å². The molecule has 1 rings (SSSR count). The van der Waals surface area contributed by atoms with Crippen molar-refractivity contribution < 1.29 is 13.2 Å². The smallest absolute Gasteiger partial charge is 0.240 e. The molecule has 0 aliphatic heterocycles. The lowest BCUT2D eigenvalue weighted by molar-refractivity contribution is 0.0762. The maximum absolute atomic E-state index is 12.0. The molecule has 0 aromatic heterocycles. The summed E-state index contributed by atoms with van der Waals surface area (Å²) in [6.07, 6.45) is 1.83. The average molecular weight is 300 g/mol. The molecule has 6 heteroatoms. The average Bonchev–Trinajstić information content (AvgIpc) is 2.42. The molecular formula is C14H24N2O3S. The molecule has 2 N–H and O–H groups in total. The van der Waals surface area contributed by atoms with Crippen LogP contribution in [0.3, 0.4) is 0 Å². The van der Waals surface area contributed by atoms with Crippen LogP contribution in [0.4, 0.5) is 5.69 Å². The van der Waals surface area contributed by atoms with Gasteiger partial charge >= 0.3 is 0 Å². The van der Waals surface area contributed by atoms with Crippen molar-refractivity contribution in [3.63, 3.8) is 0 Å². The van der Waals surface area contributed by atoms with Crippen molar-refractivity contribution in [1.82, 2.24) is 4.72 Å². The molecule has 20 heavy (non-hydrogen) atoms. The van der Waals surface area contributed by atoms with Crippen LogP contribution in [0, 0.1) is 0 Å². The summed E-state index contributed by atoms with van der Waals surface area (Å²) < 4.78 is 32.0. The van der Waals surface area contributed by atoms with Crippen LogP contribution in [0.25, 0.3) is 0 Å². The molecule has 0 amide bonds. The van der Waals surface area contributed by atoms with Gasteiger partial charge < -0.3 is 10.1 Å². The zero-order valence-corrected chi connectivity index (χ0v) is 13.2. The van der Waals surface area contributed by atoms with Crippen LogP contribution >= 0.6 is 0 Å². The minimum absolute atomic E-state index is 0.220. The summed E-state index contributed by atoms with van der Waals surface area (Å²) in [5.41, 5.74) is 0.884. The zero-order valence-electron chi connectivity index (χ0n) is 12.3. The number of nitrogens with one attached hydrogen (secondary N) is 2. The first-order valence-corrected chi connectivity index (χ1v) is 8.33. The van der Waals surface area contributed by atoms with E-state index in [-0.39, 0.29) is 11.0 Å². The van der Waals surface area contributed by atoms with E-state index in [2.05, 4.69) is 10.0 Å². The van der Waals surface area contributed by atoms with Crippen LogP contribution in [0.15, 0.2) is 29.2 Å². The van der Waals surface area contributed by atoms with E-state index in [1.807, 2.05) is 13.8 Å². The van der Waals surface area contributed by atoms with Crippen LogP contribution in [-0.2, 0) is 14.8 Å². The molecule has 0 spiro atoms. The maximum atomic E-state index is 12.0. The highest BCUT2D eigenvalue weighted by molar-refractivity contribution is 7.89. The number of benzene rings is 1. The van der Waals surface area contributed by atoms with Crippen LogP contribution in [0.1, 0.15) is 26.7 Å². The Kier molecular flexibility index (Phi) is 6.98. The second-order valence-electron chi connectivity index (χ2n) is 4.80. The molecular weight excluding hydrogens is 276 g/mol. The number of ether oxygens (including phenoxy) is 1. The lowest BCUT2D eigenvalue weighted by Gasteiger charge is -2.09. The van der Waals surface area contributed by atoms with Gasteiger partial charge in [-0.15, -0.1) is 0 Å². The van der Waals surface area contributed by atoms with Gasteiger partial charge in [0.05, 0.1) is 11.0 Å². The number of sulfonamides is 1. The fourth-order valence-corrected chi connectivity index (χ4v) is 2.71. The number of hydrogen-bond donors (Lipinski definition) is 2. The Morgan fingerprint density at radius 3 is 2.35 bits per heavy atom. The van der Waals surface area contributed by atoms with E-state index in [9.17, 15) is 8.42 Å². The predicted molar refractivity (Wildman–Crippen MR) is 81.5 cm³/mol. The van der Waals surface area contributed by atoms with Gasteiger partial charge in [0.2, 0.25) is 10.0 Å². The Hall–Kier alpha value is -1.11. The Bertz CT molecular complexity index is 484. The fourth-order valence-electron chi connectivity index (χ4n) is 1.64. The van der Waals surface area contributed by atoms with E-state index in [1.54, 1.807) is 31.3 Å². The molecule has 0 saturated heterocycles. The third kappa shape index (κ3) is 5.90. The summed E-state index contributed by atoms with van der Waals surface area (Å²) in [7, 11) is -1.61. The van der Waals surface area contributed by atoms with Gasteiger partial charge in [-0.25, -0.2) is 13.1 Å². The normalized spacial score (nSPS) is 11.8. The van der Waals surface area contributed by atoms with E-state index in [1.165, 1.54) is 0 Å². The molecule has 0 heterocycles. The van der Waals surface area contributed by atoms with Crippen molar-refractivity contribution >= 4 is 15.7 Å². The lowest BCUT2D eigenvalue weighted by Crippen LogP contribution is -2.25. The van der Waals surface area contributed by atoms with Gasteiger partial charge in [-0.05, 0) is 51.0 Å². The highest BCUT2D eigenvalue weighted by Crippen LogP contribution is 2.13. The highest BCUT2D eigenvalue weighted by atomic mass is 32.2. The monoisotopic (exact) mass is 300 g/mol. The minimum atomic E-state index is -3.41. The van der Waals surface area contributed by atoms with Gasteiger partial charge in [0, 0.05) is 25.9 Å². The summed E-state index contributed by atoms with van der Waals surface area (Å²) in [5, 5.41) is 2.95. The summed E-state index contributed by atoms with van der Waals surface area (Å²) >= 11 is 0. The third-order valence-electron chi connectivity index (χ3n) is 2.77. The van der Waals surface area contributed by atoms with Crippen molar-refractivity contribution in [3.8, 4) is 0 Å². The number of unbranched alkanes of at least 4 members (excludes halogenated alkanes) is 1. The molecule has 0 unspecified atom stereocenters. The highest BCUT2D eigenvalue weighted by Gasteiger charge is 2.12. The molecule has 0 fully saturated rings. The number of anilines is 1. The topological polar surface area (TPSA) is 67.4 Å². The van der Waals surface area contributed by atoms with Gasteiger partial charge in [-0.1, -0.05) is 0 Å². The van der Waals surface area contributed by atoms with Crippen molar-refractivity contribution in [3.05, 3.63) is 24.3 Å². The Balaban J connectivity index is 2.37. The van der Waals surface area contributed by atoms with Crippen molar-refractivity contribution in [2.45, 2.75) is 37.7 Å². The summed E-state index contributed by atoms with van der Waals surface area (Å²) in [6.45, 7) is 5.06. The van der Waals surface area contributed by atoms with Crippen molar-refractivity contribution in [1.29, 1.82) is 0 Å². The van der Waals surface area contributed by atoms with Gasteiger partial charge in [-0.2, -0.15) is 0 Å². The summed E-state index contributed by atoms with van der Waals surface area (Å²) in [6, 6.07) is 6.67. The van der Waals surface area contributed by atoms with E-state index in [0.717, 1.165) is 18.5 Å². The molecule has 5 nitrogen and oxygen atoms in total. The second-order valence-corrected chi connectivity index (χ2v) is 6.57. The number of hydrogen-bond acceptors (Lipinski definition) is 4. The van der Waals surface area contributed by atoms with Gasteiger partial charge in [0.1, 0.15) is 0 Å². The molecule has 1 aromatic rings. The van der Waals surface area contributed by atoms with E-state index < -0.39 is 10.0 Å². The predicted octanol–water partition coefficient (Wildman–Crippen LogP) is 2.21. The molecule has 0 aliphatic rings. The first kappa shape index (κ1) is 16.9. The maximum Gasteiger partial charge on any atom is 0.240 e. The molecule has 0 atom stereocenters. The Morgan fingerprint density at radius 2 is 1.80 bits per heavy atom. The molecule has 114 valence electrons. The van der Waals surface area contributed by atoms with Gasteiger partial charge in [0.25, 0.3) is 0 Å². The van der Waals surface area contributed by atoms with Gasteiger partial charge in [0.15, 0.2) is 0 Å². The summed E-state index contributed by atoms with van der Waals surface area (Å²) in [5.74, 6) is 0. The zero-order chi connectivity index (χ0) is 15.0. The largest absolute Gasteiger partial charge is 0.388 e. The quantitative estimate of drug-likeness (QED) is 0.686. The van der Waals surface area contributed by atoms with Crippen LogP contribution in [0.5, 0.6) is 0 Å². The van der Waals surface area contributed by atoms with E-state index in [4.69, 9.17) is 4.74 Å². The van der Waals surface area contributed by atoms with E-state index in [0.29, 0.717) is 13.2 Å². The Morgan fingerprint density at radius 1 is 1.15 bits per heavy atom. The van der Waals surface area contributed by atoms with Crippen LogP contribution < -0.4 is 10.0 Å². The third-order valence-corrected chi connectivity index (χ3v) is 4.24. The number of rotatable bonds is 9. The molecule has 0 aliphatic carbocycles. The van der Waals surface area contributed by atoms with Crippen molar-refractivity contribution in [2.75, 3.05) is 25.5 Å². The fraction of sp³-hybridized carbons (Fsp3) is 0.571. The molecule has 1 aromatic carbocycles. The van der Waals surface area contributed by atoms with Crippen LogP contribution in [-0.4, -0.2) is 34.7 Å². The molecule has 0 radical (unpaired) electrons. The first-order chi connectivity index (χ1) is 9.45. The summed E-state index contributed by atoms with van der Waals surface area (Å²) in [4.78, 5) is 0.287. The van der Waals surface area contributed by atoms with Gasteiger partial charge in [-0.3, -0.25) is 0 Å². The van der Waals surface area contributed by atoms with Crippen molar-refractivity contribution in [2.24, 2.45) is 0 Å². The molecule has 0 saturated carbocycles. The SMILES string of the molecule is CNc1ccc(S(=O)(=O)NCCCCOC(C)C)cc1. The first-order valence-electron chi connectivity index (χ1n) is 6.85. The second kappa shape index (κ2) is 8.24. The van der Waals surface area contributed by atoms with E-state index >= 15 is 0 Å². The standard InChI is InChI=1S/C14H24N2O3S/c1-12(2)19-11-5-4-10-16-20(17,18)14-8-6-13(15-3)7-9-14/h6-9,12,15-16H,4-5,10-11H2,1-3H3.